The molecule has 9 nitrogen and oxygen atoms in total. The van der Waals surface area contributed by atoms with E-state index in [2.05, 4.69) is 39.8 Å². The van der Waals surface area contributed by atoms with Gasteiger partial charge in [0.1, 0.15) is 11.6 Å². The first-order valence-corrected chi connectivity index (χ1v) is 9.91. The summed E-state index contributed by atoms with van der Waals surface area (Å²) < 4.78 is 12.6. The van der Waals surface area contributed by atoms with Gasteiger partial charge in [0, 0.05) is 13.1 Å². The molecule has 0 saturated heterocycles. The van der Waals surface area contributed by atoms with E-state index in [9.17, 15) is 0 Å². The molecule has 0 bridgehead atoms. The second-order valence-electron chi connectivity index (χ2n) is 7.32. The van der Waals surface area contributed by atoms with Gasteiger partial charge in [-0.3, -0.25) is 0 Å². The molecule has 0 unspecified atom stereocenters. The number of halogens is 1. The molecule has 168 valence electrons. The topological polar surface area (TPSA) is 102 Å². The van der Waals surface area contributed by atoms with Crippen LogP contribution in [0.4, 0.5) is 0 Å². The van der Waals surface area contributed by atoms with Gasteiger partial charge in [0.2, 0.25) is 0 Å². The quantitative estimate of drug-likeness (QED) is 0.257. The predicted octanol–water partition coefficient (Wildman–Crippen LogP) is 3.30. The van der Waals surface area contributed by atoms with E-state index in [1.807, 2.05) is 48.9 Å². The Hall–Kier alpha value is -2.63. The molecule has 31 heavy (non-hydrogen) atoms. The van der Waals surface area contributed by atoms with Gasteiger partial charge < -0.3 is 24.5 Å². The van der Waals surface area contributed by atoms with Crippen LogP contribution < -0.4 is 15.4 Å². The molecule has 0 aliphatic rings. The maximum Gasteiger partial charge on any atom is 0.192 e. The van der Waals surface area contributed by atoms with Gasteiger partial charge in [-0.15, -0.1) is 34.2 Å². The minimum atomic E-state index is 0. The van der Waals surface area contributed by atoms with E-state index in [1.54, 1.807) is 7.11 Å². The van der Waals surface area contributed by atoms with E-state index in [0.29, 0.717) is 31.5 Å². The number of hydrogen-bond donors (Lipinski definition) is 2. The first-order chi connectivity index (χ1) is 14.5. The van der Waals surface area contributed by atoms with Gasteiger partial charge in [0.05, 0.1) is 32.4 Å². The zero-order valence-corrected chi connectivity index (χ0v) is 20.9. The van der Waals surface area contributed by atoms with Crippen molar-refractivity contribution < 1.29 is 9.26 Å². The molecule has 3 aromatic rings. The standard InChI is InChI=1S/C21H29N7O2.HI/c1-14(2)19-10-18(30-27-19)12-23-21(24-13-20-26-25-15(3)28(20)4)22-11-16-6-8-17(29-5)9-7-16;/h6-10,14H,11-13H2,1-5H3,(H2,22,23,24);1H. The van der Waals surface area contributed by atoms with Crippen LogP contribution in [0, 0.1) is 6.92 Å². The first-order valence-electron chi connectivity index (χ1n) is 9.91. The SMILES string of the molecule is COc1ccc(CN=C(NCc2cc(C(C)C)no2)NCc2nnc(C)n2C)cc1.I. The Labute approximate surface area is 199 Å². The number of nitrogens with one attached hydrogen (secondary N) is 2. The van der Waals surface area contributed by atoms with Crippen molar-refractivity contribution in [2.45, 2.75) is 46.3 Å². The lowest BCUT2D eigenvalue weighted by atomic mass is 10.1. The van der Waals surface area contributed by atoms with Gasteiger partial charge in [-0.2, -0.15) is 0 Å². The fourth-order valence-corrected chi connectivity index (χ4v) is 2.70. The van der Waals surface area contributed by atoms with Gasteiger partial charge in [-0.05, 0) is 30.5 Å². The second kappa shape index (κ2) is 11.7. The lowest BCUT2D eigenvalue weighted by Crippen LogP contribution is -2.37. The lowest BCUT2D eigenvalue weighted by molar-refractivity contribution is 0.372. The zero-order chi connectivity index (χ0) is 21.5. The first kappa shape index (κ1) is 24.6. The summed E-state index contributed by atoms with van der Waals surface area (Å²) in [6, 6.07) is 9.81. The van der Waals surface area contributed by atoms with Crippen LogP contribution in [0.15, 0.2) is 39.8 Å². The number of nitrogens with zero attached hydrogens (tertiary/aromatic N) is 5. The molecule has 0 fully saturated rings. The molecule has 0 aliphatic heterocycles. The van der Waals surface area contributed by atoms with Crippen LogP contribution in [0.2, 0.25) is 0 Å². The Bertz CT molecular complexity index is 980. The number of ether oxygens (including phenoxy) is 1. The van der Waals surface area contributed by atoms with Crippen molar-refractivity contribution in [1.82, 2.24) is 30.6 Å². The highest BCUT2D eigenvalue weighted by Gasteiger charge is 2.10. The summed E-state index contributed by atoms with van der Waals surface area (Å²) >= 11 is 0. The third kappa shape index (κ3) is 6.94. The summed E-state index contributed by atoms with van der Waals surface area (Å²) in [5.41, 5.74) is 2.01. The Morgan fingerprint density at radius 3 is 2.45 bits per heavy atom. The molecule has 0 radical (unpaired) electrons. The van der Waals surface area contributed by atoms with Gasteiger partial charge in [0.25, 0.3) is 0 Å². The van der Waals surface area contributed by atoms with Crippen LogP contribution in [0.3, 0.4) is 0 Å². The van der Waals surface area contributed by atoms with Crippen LogP contribution in [-0.2, 0) is 26.7 Å². The molecule has 1 aromatic carbocycles. The number of methoxy groups -OCH3 is 1. The van der Waals surface area contributed by atoms with Crippen molar-refractivity contribution in [2.75, 3.05) is 7.11 Å². The van der Waals surface area contributed by atoms with Crippen LogP contribution in [0.1, 0.15) is 48.4 Å². The fourth-order valence-electron chi connectivity index (χ4n) is 2.70. The van der Waals surface area contributed by atoms with E-state index in [1.165, 1.54) is 0 Å². The summed E-state index contributed by atoms with van der Waals surface area (Å²) in [5.74, 6) is 4.24. The normalized spacial score (nSPS) is 11.4. The minimum absolute atomic E-state index is 0. The van der Waals surface area contributed by atoms with E-state index < -0.39 is 0 Å². The molecule has 10 heteroatoms. The Morgan fingerprint density at radius 2 is 1.87 bits per heavy atom. The number of aryl methyl sites for hydroxylation is 1. The molecule has 0 spiro atoms. The van der Waals surface area contributed by atoms with Crippen LogP contribution in [0.5, 0.6) is 5.75 Å². The molecule has 2 N–H and O–H groups in total. The highest BCUT2D eigenvalue weighted by molar-refractivity contribution is 14.0. The summed E-state index contributed by atoms with van der Waals surface area (Å²) in [5, 5.41) is 19.0. The fraction of sp³-hybridized carbons (Fsp3) is 0.429. The number of rotatable bonds is 8. The van der Waals surface area contributed by atoms with Crippen molar-refractivity contribution in [2.24, 2.45) is 12.0 Å². The number of aromatic nitrogens is 4. The highest BCUT2D eigenvalue weighted by atomic mass is 127. The number of hydrogen-bond acceptors (Lipinski definition) is 6. The number of aliphatic imine (C=N–C) groups is 1. The van der Waals surface area contributed by atoms with E-state index in [0.717, 1.165) is 34.4 Å². The van der Waals surface area contributed by atoms with Gasteiger partial charge >= 0.3 is 0 Å². The second-order valence-corrected chi connectivity index (χ2v) is 7.32. The van der Waals surface area contributed by atoms with E-state index >= 15 is 0 Å². The summed E-state index contributed by atoms with van der Waals surface area (Å²) in [4.78, 5) is 4.69. The average molecular weight is 539 g/mol. The van der Waals surface area contributed by atoms with Gasteiger partial charge in [0.15, 0.2) is 17.5 Å². The molecule has 0 aliphatic carbocycles. The van der Waals surface area contributed by atoms with Crippen LogP contribution in [-0.4, -0.2) is 33.0 Å². The smallest absolute Gasteiger partial charge is 0.192 e. The molecule has 3 rings (SSSR count). The summed E-state index contributed by atoms with van der Waals surface area (Å²) in [7, 11) is 3.59. The van der Waals surface area contributed by atoms with Crippen molar-refractivity contribution in [3.05, 3.63) is 59.0 Å². The molecule has 0 saturated carbocycles. The highest BCUT2D eigenvalue weighted by Crippen LogP contribution is 2.14. The lowest BCUT2D eigenvalue weighted by Gasteiger charge is -2.12. The average Bonchev–Trinajstić information content (AvgIpc) is 3.35. The molecule has 2 aromatic heterocycles. The Kier molecular flexibility index (Phi) is 9.28. The Morgan fingerprint density at radius 1 is 1.16 bits per heavy atom. The molecule has 0 amide bonds. The van der Waals surface area contributed by atoms with Crippen LogP contribution >= 0.6 is 24.0 Å². The minimum Gasteiger partial charge on any atom is -0.497 e. The number of benzene rings is 1. The maximum absolute atomic E-state index is 5.41. The van der Waals surface area contributed by atoms with Crippen molar-refractivity contribution in [1.29, 1.82) is 0 Å². The number of guanidine groups is 1. The van der Waals surface area contributed by atoms with Crippen molar-refractivity contribution >= 4 is 29.9 Å². The predicted molar refractivity (Wildman–Crippen MR) is 130 cm³/mol. The van der Waals surface area contributed by atoms with E-state index in [-0.39, 0.29) is 24.0 Å². The molecule has 2 heterocycles. The molecular weight excluding hydrogens is 509 g/mol. The molecular formula is C21H30IN7O2. The van der Waals surface area contributed by atoms with Gasteiger partial charge in [-0.1, -0.05) is 31.1 Å². The van der Waals surface area contributed by atoms with E-state index in [4.69, 9.17) is 14.3 Å². The van der Waals surface area contributed by atoms with Crippen LogP contribution in [0.25, 0.3) is 0 Å². The largest absolute Gasteiger partial charge is 0.497 e. The van der Waals surface area contributed by atoms with Gasteiger partial charge in [-0.25, -0.2) is 4.99 Å². The molecule has 0 atom stereocenters. The summed E-state index contributed by atoms with van der Waals surface area (Å²) in [6.07, 6.45) is 0. The maximum atomic E-state index is 5.41. The third-order valence-corrected chi connectivity index (χ3v) is 4.77. The third-order valence-electron chi connectivity index (χ3n) is 4.77. The van der Waals surface area contributed by atoms with Crippen molar-refractivity contribution in [3.8, 4) is 5.75 Å². The Balaban J connectivity index is 0.00000341. The summed E-state index contributed by atoms with van der Waals surface area (Å²) in [6.45, 7) is 7.59. The monoisotopic (exact) mass is 539 g/mol. The zero-order valence-electron chi connectivity index (χ0n) is 18.5. The van der Waals surface area contributed by atoms with Crippen molar-refractivity contribution in [3.63, 3.8) is 0 Å².